The third-order valence-corrected chi connectivity index (χ3v) is 6.27. The number of halogens is 1. The van der Waals surface area contributed by atoms with Gasteiger partial charge < -0.3 is 21.0 Å². The lowest BCUT2D eigenvalue weighted by atomic mass is 9.59. The van der Waals surface area contributed by atoms with Crippen LogP contribution < -0.4 is 0 Å². The Kier molecular flexibility index (Phi) is 7.52. The number of nitrogens with one attached hydrogen (secondary N) is 2. The van der Waals surface area contributed by atoms with Crippen LogP contribution in [0, 0.1) is 10.8 Å². The molecule has 0 heterocycles. The number of carbonyl (C=O) groups excluding carboxylic acids is 1. The van der Waals surface area contributed by atoms with Crippen LogP contribution >= 0.6 is 12.4 Å². The minimum Gasteiger partial charge on any atom is -0.508 e. The molecule has 4 aromatic carbocycles. The average molecular weight is 485 g/mol. The maximum atomic E-state index is 14.9. The van der Waals surface area contributed by atoms with Gasteiger partial charge in [-0.1, -0.05) is 97.1 Å². The molecule has 176 valence electrons. The highest BCUT2D eigenvalue weighted by Crippen LogP contribution is 2.46. The first-order chi connectivity index (χ1) is 16.5. The standard InChI is InChI=1S/C29H24N2O3.ClH/c30-19-28(21-11-3-1-4-12-21,23-15-7-9-17-25(23)32)27(34)29(20-31,22-13-5-2-6-14-22)24-16-8-10-18-26(24)33;/h1-20,30-33H;1H. The molecule has 5 nitrogen and oxygen atoms in total. The molecule has 35 heavy (non-hydrogen) atoms. The zero-order valence-electron chi connectivity index (χ0n) is 18.8. The van der Waals surface area contributed by atoms with Gasteiger partial charge >= 0.3 is 0 Å². The topological polar surface area (TPSA) is 105 Å². The maximum Gasteiger partial charge on any atom is 0.173 e. The number of phenols is 2. The van der Waals surface area contributed by atoms with Crippen LogP contribution in [0.1, 0.15) is 22.3 Å². The molecule has 0 spiro atoms. The molecule has 0 saturated carbocycles. The lowest BCUT2D eigenvalue weighted by Gasteiger charge is -2.39. The van der Waals surface area contributed by atoms with Crippen LogP contribution in [0.4, 0.5) is 0 Å². The van der Waals surface area contributed by atoms with Crippen LogP contribution in [0.15, 0.2) is 109 Å². The molecule has 0 bridgehead atoms. The number of para-hydroxylation sites is 2. The number of rotatable bonds is 8. The van der Waals surface area contributed by atoms with Crippen LogP contribution in [0.5, 0.6) is 11.5 Å². The highest BCUT2D eigenvalue weighted by molar-refractivity contribution is 6.22. The average Bonchev–Trinajstić information content (AvgIpc) is 2.89. The Morgan fingerprint density at radius 3 is 1.20 bits per heavy atom. The van der Waals surface area contributed by atoms with E-state index in [-0.39, 0.29) is 35.0 Å². The van der Waals surface area contributed by atoms with E-state index >= 15 is 0 Å². The molecular formula is C29H25ClN2O3. The molecule has 2 unspecified atom stereocenters. The summed E-state index contributed by atoms with van der Waals surface area (Å²) in [6, 6.07) is 30.4. The van der Waals surface area contributed by atoms with E-state index in [1.165, 1.54) is 12.1 Å². The molecule has 0 saturated heterocycles. The normalized spacial score (nSPS) is 13.9. The van der Waals surface area contributed by atoms with Crippen LogP contribution in [0.2, 0.25) is 0 Å². The van der Waals surface area contributed by atoms with Gasteiger partial charge in [0.25, 0.3) is 0 Å². The van der Waals surface area contributed by atoms with E-state index < -0.39 is 16.6 Å². The minimum absolute atomic E-state index is 0. The Hall–Kier alpha value is -4.22. The highest BCUT2D eigenvalue weighted by Gasteiger charge is 2.54. The number of benzene rings is 4. The molecule has 0 aliphatic rings. The quantitative estimate of drug-likeness (QED) is 0.242. The first-order valence-corrected chi connectivity index (χ1v) is 10.8. The fourth-order valence-electron chi connectivity index (χ4n) is 4.60. The summed E-state index contributed by atoms with van der Waals surface area (Å²) in [5, 5.41) is 38.8. The summed E-state index contributed by atoms with van der Waals surface area (Å²) in [6.07, 6.45) is 2.03. The fraction of sp³-hybridized carbons (Fsp3) is 0.0690. The van der Waals surface area contributed by atoms with Gasteiger partial charge in [0, 0.05) is 23.6 Å². The van der Waals surface area contributed by atoms with Gasteiger partial charge in [-0.3, -0.25) is 4.79 Å². The van der Waals surface area contributed by atoms with Crippen LogP contribution in [0.3, 0.4) is 0 Å². The SMILES string of the molecule is Cl.N=CC(C(=O)C(C=N)(c1ccccc1)c1ccccc1O)(c1ccccc1)c1ccccc1O. The van der Waals surface area contributed by atoms with Crippen LogP contribution in [-0.2, 0) is 15.6 Å². The molecule has 4 aromatic rings. The van der Waals surface area contributed by atoms with Gasteiger partial charge in [0.05, 0.1) is 0 Å². The summed E-state index contributed by atoms with van der Waals surface area (Å²) in [7, 11) is 0. The van der Waals surface area contributed by atoms with Gasteiger partial charge in [-0.15, -0.1) is 12.4 Å². The zero-order chi connectivity index (χ0) is 24.2. The minimum atomic E-state index is -1.75. The molecule has 0 aliphatic heterocycles. The van der Waals surface area contributed by atoms with E-state index in [1.807, 2.05) is 0 Å². The predicted octanol–water partition coefficient (Wildman–Crippen LogP) is 5.66. The number of carbonyl (C=O) groups is 1. The van der Waals surface area contributed by atoms with E-state index in [0.717, 1.165) is 12.4 Å². The van der Waals surface area contributed by atoms with Crippen molar-refractivity contribution in [1.29, 1.82) is 10.8 Å². The monoisotopic (exact) mass is 484 g/mol. The fourth-order valence-corrected chi connectivity index (χ4v) is 4.60. The molecule has 0 aliphatic carbocycles. The largest absolute Gasteiger partial charge is 0.508 e. The second-order valence-electron chi connectivity index (χ2n) is 8.00. The van der Waals surface area contributed by atoms with Gasteiger partial charge in [-0.2, -0.15) is 0 Å². The van der Waals surface area contributed by atoms with E-state index in [9.17, 15) is 15.0 Å². The summed E-state index contributed by atoms with van der Waals surface area (Å²) < 4.78 is 0. The van der Waals surface area contributed by atoms with E-state index in [1.54, 1.807) is 97.1 Å². The van der Waals surface area contributed by atoms with Gasteiger partial charge in [0.2, 0.25) is 0 Å². The third kappa shape index (κ3) is 4.00. The summed E-state index contributed by atoms with van der Waals surface area (Å²) in [5.74, 6) is -0.856. The summed E-state index contributed by atoms with van der Waals surface area (Å²) >= 11 is 0. The maximum absolute atomic E-state index is 14.9. The van der Waals surface area contributed by atoms with Crippen molar-refractivity contribution in [2.24, 2.45) is 0 Å². The third-order valence-electron chi connectivity index (χ3n) is 6.27. The Morgan fingerprint density at radius 2 is 0.886 bits per heavy atom. The first kappa shape index (κ1) is 25.4. The van der Waals surface area contributed by atoms with Crippen molar-refractivity contribution < 1.29 is 15.0 Å². The Morgan fingerprint density at radius 1 is 0.571 bits per heavy atom. The second kappa shape index (κ2) is 10.4. The molecule has 2 atom stereocenters. The van der Waals surface area contributed by atoms with Crippen LogP contribution in [-0.4, -0.2) is 28.4 Å². The zero-order valence-corrected chi connectivity index (χ0v) is 19.6. The van der Waals surface area contributed by atoms with Gasteiger partial charge in [0.15, 0.2) is 5.78 Å². The Labute approximate surface area is 210 Å². The van der Waals surface area contributed by atoms with Crippen molar-refractivity contribution in [3.63, 3.8) is 0 Å². The molecule has 6 heteroatoms. The molecule has 0 fully saturated rings. The van der Waals surface area contributed by atoms with Crippen molar-refractivity contribution in [2.75, 3.05) is 0 Å². The van der Waals surface area contributed by atoms with Crippen molar-refractivity contribution in [1.82, 2.24) is 0 Å². The summed E-state index contributed by atoms with van der Waals surface area (Å²) in [5.41, 5.74) is -2.12. The van der Waals surface area contributed by atoms with Crippen molar-refractivity contribution in [2.45, 2.75) is 10.8 Å². The number of hydrogen-bond donors (Lipinski definition) is 4. The lowest BCUT2D eigenvalue weighted by Crippen LogP contribution is -2.52. The van der Waals surface area contributed by atoms with Gasteiger partial charge in [0.1, 0.15) is 22.3 Å². The van der Waals surface area contributed by atoms with Gasteiger partial charge in [-0.25, -0.2) is 0 Å². The van der Waals surface area contributed by atoms with E-state index in [0.29, 0.717) is 11.1 Å². The number of Topliss-reactive ketones (excluding diaryl/α,β-unsaturated/α-hetero) is 1. The molecule has 4 N–H and O–H groups in total. The molecular weight excluding hydrogens is 460 g/mol. The van der Waals surface area contributed by atoms with E-state index in [4.69, 9.17) is 10.8 Å². The molecule has 4 rings (SSSR count). The van der Waals surface area contributed by atoms with Gasteiger partial charge in [-0.05, 0) is 23.3 Å². The highest BCUT2D eigenvalue weighted by atomic mass is 35.5. The van der Waals surface area contributed by atoms with Crippen LogP contribution in [0.25, 0.3) is 0 Å². The van der Waals surface area contributed by atoms with Crippen molar-refractivity contribution >= 4 is 30.6 Å². The summed E-state index contributed by atoms with van der Waals surface area (Å²) in [6.45, 7) is 0. The lowest BCUT2D eigenvalue weighted by molar-refractivity contribution is -0.123. The van der Waals surface area contributed by atoms with Crippen molar-refractivity contribution in [3.8, 4) is 11.5 Å². The molecule has 0 amide bonds. The Balaban J connectivity index is 0.00000342. The Bertz CT molecular complexity index is 1240. The predicted molar refractivity (Wildman–Crippen MR) is 140 cm³/mol. The van der Waals surface area contributed by atoms with Crippen molar-refractivity contribution in [3.05, 3.63) is 131 Å². The second-order valence-corrected chi connectivity index (χ2v) is 8.00. The number of aromatic hydroxyl groups is 2. The molecule has 0 aromatic heterocycles. The smallest absolute Gasteiger partial charge is 0.173 e. The van der Waals surface area contributed by atoms with E-state index in [2.05, 4.69) is 0 Å². The number of phenolic OH excluding ortho intramolecular Hbond substituents is 2. The molecule has 0 radical (unpaired) electrons. The first-order valence-electron chi connectivity index (χ1n) is 10.8. The number of hydrogen-bond acceptors (Lipinski definition) is 5. The summed E-state index contributed by atoms with van der Waals surface area (Å²) in [4.78, 5) is 14.9. The number of ketones is 1.